The van der Waals surface area contributed by atoms with Crippen molar-refractivity contribution in [2.24, 2.45) is 0 Å². The van der Waals surface area contributed by atoms with Crippen LogP contribution in [0.5, 0.6) is 5.75 Å². The summed E-state index contributed by atoms with van der Waals surface area (Å²) in [6.45, 7) is 0. The maximum absolute atomic E-state index is 10.9. The van der Waals surface area contributed by atoms with Gasteiger partial charge in [0.15, 0.2) is 0 Å². The van der Waals surface area contributed by atoms with Crippen LogP contribution in [0.25, 0.3) is 11.5 Å². The molecule has 0 fully saturated rings. The molecular weight excluding hydrogens is 348 g/mol. The maximum atomic E-state index is 10.9. The Balaban J connectivity index is 1.74. The summed E-state index contributed by atoms with van der Waals surface area (Å²) in [7, 11) is 1.59. The number of halogens is 1. The molecule has 0 aliphatic heterocycles. The minimum absolute atomic E-state index is 0.433. The van der Waals surface area contributed by atoms with Crippen LogP contribution in [0.4, 0.5) is 0 Å². The van der Waals surface area contributed by atoms with Gasteiger partial charge in [-0.2, -0.15) is 0 Å². The standard InChI is InChI=1S/C17H13ClN2O3S/c1-22-15-7-2-11(9-21)8-13(15)10-24-17-20-19-16(23-17)12-3-5-14(18)6-4-12/h2-9H,10H2,1H3. The SMILES string of the molecule is COc1ccc(C=O)cc1CSc1nnc(-c2ccc(Cl)cc2)o1. The third-order valence-electron chi connectivity index (χ3n) is 3.29. The van der Waals surface area contributed by atoms with Crippen molar-refractivity contribution < 1.29 is 13.9 Å². The second-order valence-electron chi connectivity index (χ2n) is 4.86. The van der Waals surface area contributed by atoms with Crippen molar-refractivity contribution in [3.8, 4) is 17.2 Å². The fourth-order valence-electron chi connectivity index (χ4n) is 2.10. The Kier molecular flexibility index (Phi) is 5.17. The van der Waals surface area contributed by atoms with E-state index in [4.69, 9.17) is 20.8 Å². The summed E-state index contributed by atoms with van der Waals surface area (Å²) >= 11 is 7.25. The monoisotopic (exact) mass is 360 g/mol. The van der Waals surface area contributed by atoms with Crippen LogP contribution in [0.3, 0.4) is 0 Å². The van der Waals surface area contributed by atoms with E-state index in [1.807, 2.05) is 12.1 Å². The first-order valence-corrected chi connectivity index (χ1v) is 8.40. The van der Waals surface area contributed by atoms with E-state index in [1.165, 1.54) is 11.8 Å². The summed E-state index contributed by atoms with van der Waals surface area (Å²) in [5.74, 6) is 1.70. The summed E-state index contributed by atoms with van der Waals surface area (Å²) in [4.78, 5) is 10.9. The molecule has 5 nitrogen and oxygen atoms in total. The fraction of sp³-hybridized carbons (Fsp3) is 0.118. The van der Waals surface area contributed by atoms with Gasteiger partial charge in [-0.25, -0.2) is 0 Å². The van der Waals surface area contributed by atoms with Gasteiger partial charge < -0.3 is 9.15 Å². The number of hydrogen-bond donors (Lipinski definition) is 0. The quantitative estimate of drug-likeness (QED) is 0.476. The highest BCUT2D eigenvalue weighted by Crippen LogP contribution is 2.30. The summed E-state index contributed by atoms with van der Waals surface area (Å²) < 4.78 is 11.0. The molecule has 0 saturated heterocycles. The van der Waals surface area contributed by atoms with Gasteiger partial charge in [0.2, 0.25) is 5.89 Å². The number of rotatable bonds is 6. The van der Waals surface area contributed by atoms with Gasteiger partial charge in [0.25, 0.3) is 5.22 Å². The molecule has 3 rings (SSSR count). The number of benzene rings is 2. The lowest BCUT2D eigenvalue weighted by Gasteiger charge is -2.07. The van der Waals surface area contributed by atoms with Crippen LogP contribution in [0.15, 0.2) is 52.1 Å². The molecule has 0 unspecified atom stereocenters. The van der Waals surface area contributed by atoms with E-state index in [9.17, 15) is 4.79 Å². The van der Waals surface area contributed by atoms with Gasteiger partial charge in [-0.3, -0.25) is 4.79 Å². The van der Waals surface area contributed by atoms with Crippen LogP contribution in [-0.4, -0.2) is 23.6 Å². The third kappa shape index (κ3) is 3.77. The topological polar surface area (TPSA) is 65.2 Å². The maximum Gasteiger partial charge on any atom is 0.277 e. The van der Waals surface area contributed by atoms with Crippen LogP contribution in [0.1, 0.15) is 15.9 Å². The van der Waals surface area contributed by atoms with Gasteiger partial charge in [-0.05, 0) is 42.5 Å². The Labute approximate surface area is 148 Å². The number of methoxy groups -OCH3 is 1. The van der Waals surface area contributed by atoms with Crippen LogP contribution in [-0.2, 0) is 5.75 Å². The molecule has 3 aromatic rings. The number of nitrogens with zero attached hydrogens (tertiary/aromatic N) is 2. The van der Waals surface area contributed by atoms with E-state index in [2.05, 4.69) is 10.2 Å². The van der Waals surface area contributed by atoms with Crippen LogP contribution in [0.2, 0.25) is 5.02 Å². The highest BCUT2D eigenvalue weighted by Gasteiger charge is 2.11. The zero-order valence-electron chi connectivity index (χ0n) is 12.7. The van der Waals surface area contributed by atoms with Gasteiger partial charge >= 0.3 is 0 Å². The van der Waals surface area contributed by atoms with Gasteiger partial charge in [0.05, 0.1) is 7.11 Å². The van der Waals surface area contributed by atoms with Crippen LogP contribution >= 0.6 is 23.4 Å². The first-order valence-electron chi connectivity index (χ1n) is 7.04. The van der Waals surface area contributed by atoms with Crippen LogP contribution < -0.4 is 4.74 Å². The van der Waals surface area contributed by atoms with E-state index in [0.717, 1.165) is 17.4 Å². The van der Waals surface area contributed by atoms with Gasteiger partial charge in [0, 0.05) is 27.5 Å². The number of carbonyl (C=O) groups excluding carboxylic acids is 1. The molecule has 0 amide bonds. The van der Waals surface area contributed by atoms with Crippen molar-refractivity contribution in [1.82, 2.24) is 10.2 Å². The Morgan fingerprint density at radius 2 is 2.00 bits per heavy atom. The molecule has 0 aliphatic rings. The summed E-state index contributed by atoms with van der Waals surface area (Å²) in [5, 5.41) is 9.16. The number of hydrogen-bond acceptors (Lipinski definition) is 6. The summed E-state index contributed by atoms with van der Waals surface area (Å²) in [6.07, 6.45) is 0.805. The molecule has 1 heterocycles. The van der Waals surface area contributed by atoms with E-state index in [-0.39, 0.29) is 0 Å². The normalized spacial score (nSPS) is 10.6. The molecular formula is C17H13ClN2O3S. The van der Waals surface area contributed by atoms with Crippen molar-refractivity contribution in [3.63, 3.8) is 0 Å². The number of ether oxygens (including phenoxy) is 1. The average Bonchev–Trinajstić information content (AvgIpc) is 3.09. The lowest BCUT2D eigenvalue weighted by Crippen LogP contribution is -1.92. The van der Waals surface area contributed by atoms with Crippen molar-refractivity contribution in [3.05, 3.63) is 58.6 Å². The van der Waals surface area contributed by atoms with E-state index >= 15 is 0 Å². The van der Waals surface area contributed by atoms with Crippen molar-refractivity contribution in [2.75, 3.05) is 7.11 Å². The number of thioether (sulfide) groups is 1. The first-order chi connectivity index (χ1) is 11.7. The molecule has 0 saturated carbocycles. The zero-order chi connectivity index (χ0) is 16.9. The van der Waals surface area contributed by atoms with Gasteiger partial charge in [-0.15, -0.1) is 10.2 Å². The molecule has 0 spiro atoms. The smallest absolute Gasteiger partial charge is 0.277 e. The molecule has 7 heteroatoms. The Bertz CT molecular complexity index is 849. The molecule has 2 aromatic carbocycles. The molecule has 122 valence electrons. The lowest BCUT2D eigenvalue weighted by atomic mass is 10.1. The first kappa shape index (κ1) is 16.5. The second kappa shape index (κ2) is 7.51. The van der Waals surface area contributed by atoms with E-state index in [1.54, 1.807) is 37.4 Å². The fourth-order valence-corrected chi connectivity index (χ4v) is 2.97. The largest absolute Gasteiger partial charge is 0.496 e. The predicted molar refractivity (Wildman–Crippen MR) is 92.7 cm³/mol. The molecule has 0 atom stereocenters. The highest BCUT2D eigenvalue weighted by atomic mass is 35.5. The third-order valence-corrected chi connectivity index (χ3v) is 4.41. The lowest BCUT2D eigenvalue weighted by molar-refractivity contribution is 0.112. The van der Waals surface area contributed by atoms with Crippen molar-refractivity contribution in [1.29, 1.82) is 0 Å². The van der Waals surface area contributed by atoms with Crippen LogP contribution in [0, 0.1) is 0 Å². The summed E-state index contributed by atoms with van der Waals surface area (Å²) in [6, 6.07) is 12.4. The molecule has 0 bridgehead atoms. The molecule has 0 aliphatic carbocycles. The Hall–Kier alpha value is -2.31. The Morgan fingerprint density at radius 3 is 2.71 bits per heavy atom. The van der Waals surface area contributed by atoms with E-state index < -0.39 is 0 Å². The number of aromatic nitrogens is 2. The number of carbonyl (C=O) groups is 1. The molecule has 0 radical (unpaired) electrons. The minimum atomic E-state index is 0.433. The number of aldehydes is 1. The molecule has 1 aromatic heterocycles. The average molecular weight is 361 g/mol. The summed E-state index contributed by atoms with van der Waals surface area (Å²) in [5.41, 5.74) is 2.29. The van der Waals surface area contributed by atoms with E-state index in [0.29, 0.717) is 33.2 Å². The molecule has 0 N–H and O–H groups in total. The second-order valence-corrected chi connectivity index (χ2v) is 6.22. The Morgan fingerprint density at radius 1 is 1.21 bits per heavy atom. The predicted octanol–water partition coefficient (Wildman–Crippen LogP) is 4.50. The van der Waals surface area contributed by atoms with Gasteiger partial charge in [0.1, 0.15) is 12.0 Å². The minimum Gasteiger partial charge on any atom is -0.496 e. The molecule has 24 heavy (non-hydrogen) atoms. The van der Waals surface area contributed by atoms with Crippen molar-refractivity contribution >= 4 is 29.6 Å². The van der Waals surface area contributed by atoms with Gasteiger partial charge in [-0.1, -0.05) is 23.4 Å². The highest BCUT2D eigenvalue weighted by molar-refractivity contribution is 7.98. The van der Waals surface area contributed by atoms with Crippen molar-refractivity contribution in [2.45, 2.75) is 11.0 Å². The zero-order valence-corrected chi connectivity index (χ0v) is 14.3.